The lowest BCUT2D eigenvalue weighted by atomic mass is 10.0. The molecule has 0 fully saturated rings. The van der Waals surface area contributed by atoms with Gasteiger partial charge in [0.25, 0.3) is 0 Å². The highest BCUT2D eigenvalue weighted by atomic mass is 35.5. The van der Waals surface area contributed by atoms with E-state index in [2.05, 4.69) is 10.3 Å². The number of nitrogens with zero attached hydrogens (tertiary/aromatic N) is 3. The maximum Gasteiger partial charge on any atom is 0.125 e. The zero-order valence-corrected chi connectivity index (χ0v) is 10.9. The number of hydrogen-bond acceptors (Lipinski definition) is 3. The minimum Gasteiger partial charge on any atom is -0.322 e. The van der Waals surface area contributed by atoms with Gasteiger partial charge in [-0.3, -0.25) is 0 Å². The molecule has 96 valence electrons. The summed E-state index contributed by atoms with van der Waals surface area (Å²) in [6.45, 7) is 4.00. The second-order valence-corrected chi connectivity index (χ2v) is 4.86. The molecule has 0 aliphatic rings. The molecule has 0 saturated heterocycles. The molecule has 0 spiro atoms. The Hall–Kier alpha value is -1.46. The Bertz CT molecular complexity index is 553. The molecule has 18 heavy (non-hydrogen) atoms. The molecule has 1 atom stereocenters. The normalized spacial score (nSPS) is 13.0. The van der Waals surface area contributed by atoms with Crippen LogP contribution in [0, 0.1) is 11.7 Å². The van der Waals surface area contributed by atoms with Crippen LogP contribution in [0.25, 0.3) is 5.69 Å². The van der Waals surface area contributed by atoms with Crippen molar-refractivity contribution < 1.29 is 4.39 Å². The van der Waals surface area contributed by atoms with E-state index in [-0.39, 0.29) is 17.8 Å². The van der Waals surface area contributed by atoms with Crippen molar-refractivity contribution in [1.82, 2.24) is 15.0 Å². The summed E-state index contributed by atoms with van der Waals surface area (Å²) in [7, 11) is 0. The molecule has 0 radical (unpaired) electrons. The number of nitrogens with two attached hydrogens (primary N) is 1. The van der Waals surface area contributed by atoms with Crippen LogP contribution in [0.3, 0.4) is 0 Å². The van der Waals surface area contributed by atoms with Crippen molar-refractivity contribution in [3.63, 3.8) is 0 Å². The first-order valence-corrected chi connectivity index (χ1v) is 6.00. The fourth-order valence-electron chi connectivity index (χ4n) is 1.55. The molecule has 6 heteroatoms. The van der Waals surface area contributed by atoms with Crippen LogP contribution in [0.5, 0.6) is 0 Å². The lowest BCUT2D eigenvalue weighted by Crippen LogP contribution is -2.17. The summed E-state index contributed by atoms with van der Waals surface area (Å²) >= 11 is 6.00. The van der Waals surface area contributed by atoms with E-state index in [1.54, 1.807) is 6.20 Å². The molecule has 0 bridgehead atoms. The van der Waals surface area contributed by atoms with Gasteiger partial charge < -0.3 is 5.73 Å². The molecule has 1 unspecified atom stereocenters. The molecule has 1 aromatic heterocycles. The Morgan fingerprint density at radius 2 is 2.11 bits per heavy atom. The van der Waals surface area contributed by atoms with Crippen molar-refractivity contribution in [2.75, 3.05) is 0 Å². The van der Waals surface area contributed by atoms with Crippen LogP contribution in [0.4, 0.5) is 4.39 Å². The SMILES string of the molecule is CC(C)C(N)c1cn(-c2cc(F)ccc2Cl)nn1. The fourth-order valence-corrected chi connectivity index (χ4v) is 1.75. The van der Waals surface area contributed by atoms with Crippen molar-refractivity contribution in [3.8, 4) is 5.69 Å². The van der Waals surface area contributed by atoms with E-state index < -0.39 is 0 Å². The summed E-state index contributed by atoms with van der Waals surface area (Å²) in [5.41, 5.74) is 7.08. The summed E-state index contributed by atoms with van der Waals surface area (Å²) in [4.78, 5) is 0. The van der Waals surface area contributed by atoms with Gasteiger partial charge in [-0.1, -0.05) is 30.7 Å². The van der Waals surface area contributed by atoms with Gasteiger partial charge in [-0.15, -0.1) is 5.10 Å². The Balaban J connectivity index is 2.38. The molecular weight excluding hydrogens is 255 g/mol. The lowest BCUT2D eigenvalue weighted by Gasteiger charge is -2.11. The molecule has 2 rings (SSSR count). The molecule has 0 aliphatic heterocycles. The maximum absolute atomic E-state index is 13.2. The van der Waals surface area contributed by atoms with Crippen molar-refractivity contribution >= 4 is 11.6 Å². The van der Waals surface area contributed by atoms with E-state index in [1.165, 1.54) is 22.9 Å². The van der Waals surface area contributed by atoms with E-state index in [0.717, 1.165) is 0 Å². The smallest absolute Gasteiger partial charge is 0.125 e. The van der Waals surface area contributed by atoms with Crippen LogP contribution in [0.15, 0.2) is 24.4 Å². The average Bonchev–Trinajstić information content (AvgIpc) is 2.80. The van der Waals surface area contributed by atoms with Gasteiger partial charge in [-0.25, -0.2) is 9.07 Å². The van der Waals surface area contributed by atoms with E-state index in [4.69, 9.17) is 17.3 Å². The Morgan fingerprint density at radius 1 is 1.39 bits per heavy atom. The number of hydrogen-bond donors (Lipinski definition) is 1. The van der Waals surface area contributed by atoms with Gasteiger partial charge in [-0.05, 0) is 18.1 Å². The zero-order valence-electron chi connectivity index (χ0n) is 10.1. The highest BCUT2D eigenvalue weighted by Crippen LogP contribution is 2.22. The molecule has 0 aliphatic carbocycles. The third-order valence-corrected chi connectivity index (χ3v) is 3.05. The number of halogens is 2. The van der Waals surface area contributed by atoms with Gasteiger partial charge in [0, 0.05) is 6.07 Å². The van der Waals surface area contributed by atoms with Crippen LogP contribution in [0.2, 0.25) is 5.02 Å². The van der Waals surface area contributed by atoms with Crippen molar-refractivity contribution in [3.05, 3.63) is 40.9 Å². The topological polar surface area (TPSA) is 56.7 Å². The third kappa shape index (κ3) is 2.52. The van der Waals surface area contributed by atoms with Gasteiger partial charge >= 0.3 is 0 Å². The predicted octanol–water partition coefficient (Wildman–Crippen LogP) is 2.72. The third-order valence-electron chi connectivity index (χ3n) is 2.73. The van der Waals surface area contributed by atoms with Gasteiger partial charge in [0.2, 0.25) is 0 Å². The molecule has 2 N–H and O–H groups in total. The van der Waals surface area contributed by atoms with Crippen LogP contribution in [-0.4, -0.2) is 15.0 Å². The van der Waals surface area contributed by atoms with Crippen LogP contribution >= 0.6 is 11.6 Å². The fraction of sp³-hybridized carbons (Fsp3) is 0.333. The molecule has 4 nitrogen and oxygen atoms in total. The van der Waals surface area contributed by atoms with Gasteiger partial charge in [0.15, 0.2) is 0 Å². The summed E-state index contributed by atoms with van der Waals surface area (Å²) in [6, 6.07) is 3.88. The van der Waals surface area contributed by atoms with E-state index >= 15 is 0 Å². The van der Waals surface area contributed by atoms with E-state index in [9.17, 15) is 4.39 Å². The van der Waals surface area contributed by atoms with Gasteiger partial charge in [0.1, 0.15) is 11.5 Å². The number of aromatic nitrogens is 3. The summed E-state index contributed by atoms with van der Waals surface area (Å²) in [5.74, 6) is -0.127. The highest BCUT2D eigenvalue weighted by Gasteiger charge is 2.15. The second kappa shape index (κ2) is 5.04. The molecule has 1 heterocycles. The Morgan fingerprint density at radius 3 is 2.78 bits per heavy atom. The minimum absolute atomic E-state index is 0.203. The Kier molecular flexibility index (Phi) is 3.63. The van der Waals surface area contributed by atoms with Crippen LogP contribution < -0.4 is 5.73 Å². The first-order valence-electron chi connectivity index (χ1n) is 5.62. The minimum atomic E-state index is -0.375. The summed E-state index contributed by atoms with van der Waals surface area (Å²) < 4.78 is 14.6. The largest absolute Gasteiger partial charge is 0.322 e. The zero-order chi connectivity index (χ0) is 13.3. The van der Waals surface area contributed by atoms with Gasteiger partial charge in [0.05, 0.1) is 22.9 Å². The highest BCUT2D eigenvalue weighted by molar-refractivity contribution is 6.32. The van der Waals surface area contributed by atoms with E-state index in [0.29, 0.717) is 16.4 Å². The van der Waals surface area contributed by atoms with Crippen molar-refractivity contribution in [2.24, 2.45) is 11.7 Å². The monoisotopic (exact) mass is 268 g/mol. The van der Waals surface area contributed by atoms with Crippen LogP contribution in [0.1, 0.15) is 25.6 Å². The molecule has 0 amide bonds. The summed E-state index contributed by atoms with van der Waals surface area (Å²) in [6.07, 6.45) is 1.67. The molecule has 2 aromatic rings. The number of rotatable bonds is 3. The second-order valence-electron chi connectivity index (χ2n) is 4.45. The lowest BCUT2D eigenvalue weighted by molar-refractivity contribution is 0.502. The van der Waals surface area contributed by atoms with E-state index in [1.807, 2.05) is 13.8 Å². The average molecular weight is 269 g/mol. The first kappa shape index (κ1) is 13.0. The molecule has 0 saturated carbocycles. The van der Waals surface area contributed by atoms with Crippen molar-refractivity contribution in [2.45, 2.75) is 19.9 Å². The predicted molar refractivity (Wildman–Crippen MR) is 68.1 cm³/mol. The maximum atomic E-state index is 13.2. The molecule has 1 aromatic carbocycles. The molecular formula is C12H14ClFN4. The number of benzene rings is 1. The van der Waals surface area contributed by atoms with Crippen LogP contribution in [-0.2, 0) is 0 Å². The standard InChI is InChI=1S/C12H14ClFN4/c1-7(2)12(15)10-6-18(17-16-10)11-5-8(14)3-4-9(11)13/h3-7,12H,15H2,1-2H3. The van der Waals surface area contributed by atoms with Gasteiger partial charge in [-0.2, -0.15) is 0 Å². The Labute approximate surface area is 110 Å². The quantitative estimate of drug-likeness (QED) is 0.931. The van der Waals surface area contributed by atoms with Crippen molar-refractivity contribution in [1.29, 1.82) is 0 Å². The first-order chi connectivity index (χ1) is 8.49. The summed E-state index contributed by atoms with van der Waals surface area (Å²) in [5, 5.41) is 8.33.